The number of aryl methyl sites for hydroxylation is 5. The molecule has 0 fully saturated rings. The molecule has 7 heteroatoms. The fraction of sp³-hybridized carbons (Fsp3) is 0.222. The van der Waals surface area contributed by atoms with Crippen molar-refractivity contribution in [2.75, 3.05) is 0 Å². The smallest absolute Gasteiger partial charge is 0.226 e. The Morgan fingerprint density at radius 2 is 1.76 bits per heavy atom. The lowest BCUT2D eigenvalue weighted by molar-refractivity contribution is 0.288. The molecule has 34 heavy (non-hydrogen) atoms. The Morgan fingerprint density at radius 1 is 0.941 bits per heavy atom. The molecule has 172 valence electrons. The van der Waals surface area contributed by atoms with Crippen molar-refractivity contribution < 1.29 is 13.5 Å². The molecule has 0 spiro atoms. The Kier molecular flexibility index (Phi) is 5.40. The van der Waals surface area contributed by atoms with Gasteiger partial charge in [-0.05, 0) is 70.0 Å². The zero-order valence-electron chi connectivity index (χ0n) is 19.8. The van der Waals surface area contributed by atoms with Crippen molar-refractivity contribution >= 4 is 11.0 Å². The summed E-state index contributed by atoms with van der Waals surface area (Å²) in [6.45, 7) is 10.1. The molecule has 0 radical (unpaired) electrons. The molecular formula is C27H25FN4O2. The van der Waals surface area contributed by atoms with E-state index < -0.39 is 0 Å². The van der Waals surface area contributed by atoms with E-state index in [0.29, 0.717) is 34.6 Å². The number of fused-ring (bicyclic) bond motifs is 1. The Morgan fingerprint density at radius 3 is 2.56 bits per heavy atom. The fourth-order valence-electron chi connectivity index (χ4n) is 4.12. The Labute approximate surface area is 197 Å². The van der Waals surface area contributed by atoms with Crippen LogP contribution >= 0.6 is 0 Å². The molecule has 0 bridgehead atoms. The van der Waals surface area contributed by atoms with Crippen LogP contribution in [0.15, 0.2) is 52.9 Å². The first-order valence-electron chi connectivity index (χ1n) is 11.1. The lowest BCUT2D eigenvalue weighted by Gasteiger charge is -2.08. The van der Waals surface area contributed by atoms with Crippen molar-refractivity contribution in [2.45, 2.75) is 41.2 Å². The maximum Gasteiger partial charge on any atom is 0.226 e. The van der Waals surface area contributed by atoms with E-state index in [0.717, 1.165) is 33.3 Å². The van der Waals surface area contributed by atoms with Gasteiger partial charge in [-0.2, -0.15) is 10.1 Å². The lowest BCUT2D eigenvalue weighted by Crippen LogP contribution is -2.02. The first kappa shape index (κ1) is 21.8. The minimum absolute atomic E-state index is 0.214. The first-order valence-corrected chi connectivity index (χ1v) is 11.1. The fourth-order valence-corrected chi connectivity index (χ4v) is 4.12. The molecule has 0 amide bonds. The van der Waals surface area contributed by atoms with Crippen LogP contribution in [0.25, 0.3) is 28.2 Å². The maximum atomic E-state index is 13.8. The average Bonchev–Trinajstić information content (AvgIpc) is 3.33. The maximum absolute atomic E-state index is 13.8. The predicted molar refractivity (Wildman–Crippen MR) is 129 cm³/mol. The summed E-state index contributed by atoms with van der Waals surface area (Å²) in [6.07, 6.45) is 0. The van der Waals surface area contributed by atoms with Crippen LogP contribution in [0.5, 0.6) is 5.88 Å². The van der Waals surface area contributed by atoms with Gasteiger partial charge in [0.25, 0.3) is 0 Å². The van der Waals surface area contributed by atoms with E-state index in [4.69, 9.17) is 14.1 Å². The molecule has 0 N–H and O–H groups in total. The normalized spacial score (nSPS) is 11.4. The highest BCUT2D eigenvalue weighted by molar-refractivity contribution is 5.84. The third-order valence-corrected chi connectivity index (χ3v) is 5.91. The number of aromatic nitrogens is 4. The third-order valence-electron chi connectivity index (χ3n) is 5.91. The minimum Gasteiger partial charge on any atom is -0.471 e. The van der Waals surface area contributed by atoms with Gasteiger partial charge >= 0.3 is 0 Å². The quantitative estimate of drug-likeness (QED) is 0.309. The molecule has 5 rings (SSSR count). The van der Waals surface area contributed by atoms with Crippen LogP contribution in [0, 0.1) is 40.4 Å². The highest BCUT2D eigenvalue weighted by Crippen LogP contribution is 2.29. The highest BCUT2D eigenvalue weighted by Gasteiger charge is 2.17. The van der Waals surface area contributed by atoms with E-state index in [9.17, 15) is 4.39 Å². The van der Waals surface area contributed by atoms with Gasteiger partial charge in [-0.25, -0.2) is 14.1 Å². The second kappa shape index (κ2) is 8.41. The number of hydrogen-bond acceptors (Lipinski definition) is 5. The van der Waals surface area contributed by atoms with Crippen molar-refractivity contribution in [1.29, 1.82) is 0 Å². The first-order chi connectivity index (χ1) is 16.3. The number of benzene rings is 2. The van der Waals surface area contributed by atoms with E-state index in [2.05, 4.69) is 28.3 Å². The van der Waals surface area contributed by atoms with Crippen molar-refractivity contribution in [3.05, 3.63) is 88.2 Å². The molecular weight excluding hydrogens is 431 g/mol. The molecule has 0 aliphatic rings. The Balaban J connectivity index is 1.47. The molecule has 0 aliphatic heterocycles. The van der Waals surface area contributed by atoms with Gasteiger partial charge in [-0.3, -0.25) is 0 Å². The SMILES string of the molecule is Cc1ccc(C)c(-c2nc(COc3cc(C)c4c(C)nn(-c5cccc(F)c5)c4n3)c(C)o2)c1. The monoisotopic (exact) mass is 456 g/mol. The topological polar surface area (TPSA) is 66.0 Å². The molecule has 3 aromatic heterocycles. The van der Waals surface area contributed by atoms with E-state index in [1.807, 2.05) is 40.7 Å². The lowest BCUT2D eigenvalue weighted by atomic mass is 10.1. The van der Waals surface area contributed by atoms with E-state index in [-0.39, 0.29) is 12.4 Å². The zero-order chi connectivity index (χ0) is 24.0. The summed E-state index contributed by atoms with van der Waals surface area (Å²) in [5, 5.41) is 5.51. The van der Waals surface area contributed by atoms with Crippen LogP contribution < -0.4 is 4.74 Å². The predicted octanol–water partition coefficient (Wildman–Crippen LogP) is 6.34. The van der Waals surface area contributed by atoms with E-state index in [1.165, 1.54) is 12.1 Å². The minimum atomic E-state index is -0.330. The Bertz CT molecular complexity index is 1530. The van der Waals surface area contributed by atoms with Crippen molar-refractivity contribution in [1.82, 2.24) is 19.7 Å². The van der Waals surface area contributed by atoms with E-state index in [1.54, 1.807) is 16.8 Å². The molecule has 0 aliphatic carbocycles. The van der Waals surface area contributed by atoms with Gasteiger partial charge in [0, 0.05) is 17.0 Å². The van der Waals surface area contributed by atoms with Gasteiger partial charge in [-0.1, -0.05) is 23.8 Å². The van der Waals surface area contributed by atoms with Crippen LogP contribution in [0.1, 0.15) is 33.8 Å². The molecule has 5 aromatic rings. The number of ether oxygens (including phenoxy) is 1. The highest BCUT2D eigenvalue weighted by atomic mass is 19.1. The summed E-state index contributed by atoms with van der Waals surface area (Å²) in [5.41, 5.74) is 6.95. The van der Waals surface area contributed by atoms with Crippen molar-refractivity contribution in [3.63, 3.8) is 0 Å². The number of hydrogen-bond donors (Lipinski definition) is 0. The summed E-state index contributed by atoms with van der Waals surface area (Å²) in [4.78, 5) is 9.38. The van der Waals surface area contributed by atoms with Crippen LogP contribution in [-0.4, -0.2) is 19.7 Å². The molecule has 0 saturated heterocycles. The van der Waals surface area contributed by atoms with Crippen molar-refractivity contribution in [2.24, 2.45) is 0 Å². The van der Waals surface area contributed by atoms with Crippen molar-refractivity contribution in [3.8, 4) is 23.0 Å². The van der Waals surface area contributed by atoms with Crippen LogP contribution in [0.2, 0.25) is 0 Å². The second-order valence-electron chi connectivity index (χ2n) is 8.58. The zero-order valence-corrected chi connectivity index (χ0v) is 19.8. The average molecular weight is 457 g/mol. The molecule has 2 aromatic carbocycles. The summed E-state index contributed by atoms with van der Waals surface area (Å²) >= 11 is 0. The van der Waals surface area contributed by atoms with Gasteiger partial charge in [0.2, 0.25) is 11.8 Å². The number of halogens is 1. The van der Waals surface area contributed by atoms with Gasteiger partial charge in [-0.15, -0.1) is 0 Å². The number of oxazole rings is 1. The molecule has 3 heterocycles. The summed E-state index contributed by atoms with van der Waals surface area (Å²) in [7, 11) is 0. The Hall–Kier alpha value is -4.00. The standard InChI is InChI=1S/C27H25FN4O2/c1-15-9-10-16(2)22(11-15)27-29-23(19(5)34-27)14-33-24-12-17(3)25-18(4)31-32(26(25)30-24)21-8-6-7-20(28)13-21/h6-13H,14H2,1-5H3. The largest absolute Gasteiger partial charge is 0.471 e. The molecule has 0 unspecified atom stereocenters. The summed E-state index contributed by atoms with van der Waals surface area (Å²) < 4.78 is 27.5. The van der Waals surface area contributed by atoms with Gasteiger partial charge < -0.3 is 9.15 Å². The van der Waals surface area contributed by atoms with E-state index >= 15 is 0 Å². The number of nitrogens with zero attached hydrogens (tertiary/aromatic N) is 4. The summed E-state index contributed by atoms with van der Waals surface area (Å²) in [6, 6.07) is 14.4. The third kappa shape index (κ3) is 3.94. The van der Waals surface area contributed by atoms with Crippen LogP contribution in [-0.2, 0) is 6.61 Å². The number of pyridine rings is 1. The summed E-state index contributed by atoms with van der Waals surface area (Å²) in [5.74, 6) is 1.40. The van der Waals surface area contributed by atoms with Crippen LogP contribution in [0.4, 0.5) is 4.39 Å². The molecule has 6 nitrogen and oxygen atoms in total. The second-order valence-corrected chi connectivity index (χ2v) is 8.58. The van der Waals surface area contributed by atoms with Gasteiger partial charge in [0.1, 0.15) is 23.9 Å². The van der Waals surface area contributed by atoms with Gasteiger partial charge in [0.05, 0.1) is 11.4 Å². The molecule has 0 saturated carbocycles. The van der Waals surface area contributed by atoms with Crippen LogP contribution in [0.3, 0.4) is 0 Å². The molecule has 0 atom stereocenters. The van der Waals surface area contributed by atoms with Gasteiger partial charge in [0.15, 0.2) is 5.65 Å². The number of rotatable bonds is 5.